The normalized spacial score (nSPS) is 25.6. The number of nitro benzene ring substituents is 1. The number of nitrogens with zero attached hydrogens (tertiary/aromatic N) is 2. The zero-order valence-corrected chi connectivity index (χ0v) is 14.2. The van der Waals surface area contributed by atoms with E-state index in [4.69, 9.17) is 11.6 Å². The number of carboxylic acids is 1. The van der Waals surface area contributed by atoms with Crippen LogP contribution in [0.25, 0.3) is 0 Å². The number of halogens is 1. The van der Waals surface area contributed by atoms with Gasteiger partial charge in [0.15, 0.2) is 0 Å². The minimum Gasteiger partial charge on any atom is -0.481 e. The molecule has 2 fully saturated rings. The second kappa shape index (κ2) is 6.61. The maximum atomic E-state index is 12.2. The summed E-state index contributed by atoms with van der Waals surface area (Å²) >= 11 is 5.75. The summed E-state index contributed by atoms with van der Waals surface area (Å²) < 4.78 is 0. The van der Waals surface area contributed by atoms with Crippen molar-refractivity contribution in [3.63, 3.8) is 0 Å². The highest BCUT2D eigenvalue weighted by molar-refractivity contribution is 6.32. The van der Waals surface area contributed by atoms with Crippen molar-refractivity contribution in [2.24, 2.45) is 11.3 Å². The van der Waals surface area contributed by atoms with Crippen molar-refractivity contribution in [2.75, 3.05) is 25.0 Å². The van der Waals surface area contributed by atoms with E-state index in [-0.39, 0.29) is 34.8 Å². The first kappa shape index (κ1) is 17.6. The number of aliphatic carboxylic acids is 1. The third kappa shape index (κ3) is 3.32. The summed E-state index contributed by atoms with van der Waals surface area (Å²) in [6.45, 7) is 1.00. The van der Waals surface area contributed by atoms with Gasteiger partial charge in [-0.2, -0.15) is 0 Å². The molecule has 1 aromatic rings. The molecule has 0 radical (unpaired) electrons. The van der Waals surface area contributed by atoms with Crippen molar-refractivity contribution in [1.29, 1.82) is 0 Å². The maximum Gasteiger partial charge on any atom is 0.311 e. The van der Waals surface area contributed by atoms with E-state index in [0.717, 1.165) is 12.8 Å². The Labute approximate surface area is 148 Å². The lowest BCUT2D eigenvalue weighted by molar-refractivity contribution is -0.384. The van der Waals surface area contributed by atoms with Gasteiger partial charge in [0, 0.05) is 24.8 Å². The van der Waals surface area contributed by atoms with Gasteiger partial charge in [-0.05, 0) is 30.9 Å². The number of nitro groups is 1. The Morgan fingerprint density at radius 2 is 2.24 bits per heavy atom. The smallest absolute Gasteiger partial charge is 0.311 e. The van der Waals surface area contributed by atoms with Crippen LogP contribution in [0, 0.1) is 21.4 Å². The monoisotopic (exact) mass is 367 g/mol. The van der Waals surface area contributed by atoms with Gasteiger partial charge in [0.2, 0.25) is 5.91 Å². The van der Waals surface area contributed by atoms with Gasteiger partial charge in [-0.3, -0.25) is 24.6 Å². The average Bonchev–Trinajstić information content (AvgIpc) is 3.06. The van der Waals surface area contributed by atoms with Crippen LogP contribution in [0.15, 0.2) is 18.2 Å². The van der Waals surface area contributed by atoms with E-state index in [1.54, 1.807) is 0 Å². The summed E-state index contributed by atoms with van der Waals surface area (Å²) in [5, 5.41) is 23.1. The second-order valence-electron chi connectivity index (χ2n) is 6.69. The third-order valence-corrected chi connectivity index (χ3v) is 5.48. The molecule has 2 aliphatic rings. The third-order valence-electron chi connectivity index (χ3n) is 5.16. The largest absolute Gasteiger partial charge is 0.481 e. The number of carbonyl (C=O) groups is 2. The summed E-state index contributed by atoms with van der Waals surface area (Å²) in [5.41, 5.74) is -0.729. The molecule has 2 N–H and O–H groups in total. The zero-order chi connectivity index (χ0) is 18.2. The van der Waals surface area contributed by atoms with Crippen LogP contribution in [0.4, 0.5) is 11.4 Å². The van der Waals surface area contributed by atoms with Crippen LogP contribution in [-0.2, 0) is 9.59 Å². The lowest BCUT2D eigenvalue weighted by Gasteiger charge is -2.23. The number of carbonyl (C=O) groups excluding carboxylic acids is 1. The fourth-order valence-electron chi connectivity index (χ4n) is 4.00. The molecule has 0 unspecified atom stereocenters. The number of rotatable bonds is 5. The molecular formula is C16H18ClN3O5. The standard InChI is InChI=1S/C16H18ClN3O5/c17-12-4-3-11(6-13(12)20(24)25)18-14(21)8-19-7-10-2-1-5-16(10,9-19)15(22)23/h3-4,6,10H,1-2,5,7-9H2,(H,18,21)(H,22,23)/t10-,16+/m0/s1. The molecule has 3 rings (SSSR count). The summed E-state index contributed by atoms with van der Waals surface area (Å²) in [5.74, 6) is -1.04. The molecule has 1 heterocycles. The SMILES string of the molecule is O=C(CN1C[C@@H]2CCC[C@@]2(C(=O)O)C1)Nc1ccc(Cl)c([N+](=O)[O-])c1. The quantitative estimate of drug-likeness (QED) is 0.610. The van der Waals surface area contributed by atoms with Crippen molar-refractivity contribution in [1.82, 2.24) is 4.90 Å². The molecule has 1 aromatic carbocycles. The molecular weight excluding hydrogens is 350 g/mol. The molecule has 0 aromatic heterocycles. The number of fused-ring (bicyclic) bond motifs is 1. The van der Waals surface area contributed by atoms with Crippen LogP contribution in [0.2, 0.25) is 5.02 Å². The number of amides is 1. The molecule has 9 heteroatoms. The number of nitrogens with one attached hydrogen (secondary N) is 1. The van der Waals surface area contributed by atoms with Crippen molar-refractivity contribution >= 4 is 34.9 Å². The molecule has 2 atom stereocenters. The lowest BCUT2D eigenvalue weighted by atomic mass is 9.81. The van der Waals surface area contributed by atoms with Crippen LogP contribution in [0.5, 0.6) is 0 Å². The molecule has 134 valence electrons. The highest BCUT2D eigenvalue weighted by Gasteiger charge is 2.54. The fourth-order valence-corrected chi connectivity index (χ4v) is 4.18. The van der Waals surface area contributed by atoms with Crippen LogP contribution < -0.4 is 5.32 Å². The lowest BCUT2D eigenvalue weighted by Crippen LogP contribution is -2.37. The topological polar surface area (TPSA) is 113 Å². The minimum atomic E-state index is -0.786. The first-order chi connectivity index (χ1) is 11.8. The second-order valence-corrected chi connectivity index (χ2v) is 7.10. The Bertz CT molecular complexity index is 740. The predicted octanol–water partition coefficient (Wildman–Crippen LogP) is 2.37. The van der Waals surface area contributed by atoms with Crippen molar-refractivity contribution in [3.05, 3.63) is 33.3 Å². The van der Waals surface area contributed by atoms with Crippen LogP contribution in [0.1, 0.15) is 19.3 Å². The van der Waals surface area contributed by atoms with E-state index < -0.39 is 16.3 Å². The molecule has 1 saturated carbocycles. The van der Waals surface area contributed by atoms with Crippen LogP contribution in [0.3, 0.4) is 0 Å². The van der Waals surface area contributed by atoms with E-state index in [1.165, 1.54) is 18.2 Å². The minimum absolute atomic E-state index is 0.00114. The van der Waals surface area contributed by atoms with Gasteiger partial charge in [0.1, 0.15) is 5.02 Å². The Hall–Kier alpha value is -2.19. The number of likely N-dealkylation sites (tertiary alicyclic amines) is 1. The van der Waals surface area contributed by atoms with E-state index >= 15 is 0 Å². The van der Waals surface area contributed by atoms with Crippen LogP contribution in [-0.4, -0.2) is 46.4 Å². The van der Waals surface area contributed by atoms with Gasteiger partial charge in [-0.25, -0.2) is 0 Å². The van der Waals surface area contributed by atoms with Gasteiger partial charge in [0.25, 0.3) is 5.69 Å². The average molecular weight is 368 g/mol. The Kier molecular flexibility index (Phi) is 4.66. The zero-order valence-electron chi connectivity index (χ0n) is 13.4. The summed E-state index contributed by atoms with van der Waals surface area (Å²) in [6, 6.07) is 4.05. The van der Waals surface area contributed by atoms with Gasteiger partial charge in [0.05, 0.1) is 16.9 Å². The van der Waals surface area contributed by atoms with Crippen molar-refractivity contribution in [3.8, 4) is 0 Å². The number of anilines is 1. The molecule has 1 saturated heterocycles. The highest BCUT2D eigenvalue weighted by atomic mass is 35.5. The van der Waals surface area contributed by atoms with Gasteiger partial charge >= 0.3 is 5.97 Å². The van der Waals surface area contributed by atoms with Gasteiger partial charge < -0.3 is 10.4 Å². The number of carboxylic acid groups (broad SMARTS) is 1. The molecule has 25 heavy (non-hydrogen) atoms. The van der Waals surface area contributed by atoms with E-state index in [0.29, 0.717) is 19.5 Å². The van der Waals surface area contributed by atoms with E-state index in [9.17, 15) is 24.8 Å². The Balaban J connectivity index is 1.63. The van der Waals surface area contributed by atoms with E-state index in [2.05, 4.69) is 5.32 Å². The highest BCUT2D eigenvalue weighted by Crippen LogP contribution is 2.48. The molecule has 1 amide bonds. The number of hydrogen-bond donors (Lipinski definition) is 2. The molecule has 0 spiro atoms. The van der Waals surface area contributed by atoms with Crippen LogP contribution >= 0.6 is 11.6 Å². The van der Waals surface area contributed by atoms with E-state index in [1.807, 2.05) is 4.90 Å². The summed E-state index contributed by atoms with van der Waals surface area (Å²) in [4.78, 5) is 36.0. The number of benzene rings is 1. The molecule has 1 aliphatic heterocycles. The Morgan fingerprint density at radius 1 is 1.48 bits per heavy atom. The molecule has 0 bridgehead atoms. The number of hydrogen-bond acceptors (Lipinski definition) is 5. The van der Waals surface area contributed by atoms with Gasteiger partial charge in [-0.1, -0.05) is 18.0 Å². The fraction of sp³-hybridized carbons (Fsp3) is 0.500. The maximum absolute atomic E-state index is 12.2. The first-order valence-corrected chi connectivity index (χ1v) is 8.39. The molecule has 8 nitrogen and oxygen atoms in total. The first-order valence-electron chi connectivity index (χ1n) is 8.01. The Morgan fingerprint density at radius 3 is 2.88 bits per heavy atom. The van der Waals surface area contributed by atoms with Crippen molar-refractivity contribution < 1.29 is 19.6 Å². The predicted molar refractivity (Wildman–Crippen MR) is 90.6 cm³/mol. The summed E-state index contributed by atoms with van der Waals surface area (Å²) in [7, 11) is 0. The summed E-state index contributed by atoms with van der Waals surface area (Å²) in [6.07, 6.45) is 2.42. The van der Waals surface area contributed by atoms with Crippen molar-refractivity contribution in [2.45, 2.75) is 19.3 Å². The van der Waals surface area contributed by atoms with Gasteiger partial charge in [-0.15, -0.1) is 0 Å². The molecule has 1 aliphatic carbocycles.